The molecule has 5 nitrogen and oxygen atoms in total. The summed E-state index contributed by atoms with van der Waals surface area (Å²) in [6, 6.07) is -0.317. The van der Waals surface area contributed by atoms with E-state index < -0.39 is 6.04 Å². The summed E-state index contributed by atoms with van der Waals surface area (Å²) in [5.41, 5.74) is 5.95. The van der Waals surface area contributed by atoms with Gasteiger partial charge in [-0.1, -0.05) is 64.7 Å². The molecule has 0 aliphatic carbocycles. The van der Waals surface area contributed by atoms with Gasteiger partial charge in [-0.25, -0.2) is 0 Å². The zero-order chi connectivity index (χ0) is 22.0. The van der Waals surface area contributed by atoms with E-state index in [1.54, 1.807) is 11.8 Å². The normalized spacial score (nSPS) is 17.7. The highest BCUT2D eigenvalue weighted by molar-refractivity contribution is 7.98. The van der Waals surface area contributed by atoms with Crippen LogP contribution in [0.3, 0.4) is 0 Å². The number of hydrogen-bond donors (Lipinski definition) is 2. The van der Waals surface area contributed by atoms with Crippen molar-refractivity contribution in [1.29, 1.82) is 0 Å². The van der Waals surface area contributed by atoms with Gasteiger partial charge in [-0.2, -0.15) is 11.8 Å². The van der Waals surface area contributed by atoms with Crippen molar-refractivity contribution in [2.24, 2.45) is 5.73 Å². The van der Waals surface area contributed by atoms with Crippen molar-refractivity contribution >= 4 is 23.6 Å². The summed E-state index contributed by atoms with van der Waals surface area (Å²) >= 11 is 1.70. The second-order valence-electron chi connectivity index (χ2n) is 8.80. The summed E-state index contributed by atoms with van der Waals surface area (Å²) in [4.78, 5) is 27.0. The lowest BCUT2D eigenvalue weighted by atomic mass is 10.0. The van der Waals surface area contributed by atoms with Crippen LogP contribution in [0.25, 0.3) is 0 Å². The van der Waals surface area contributed by atoms with Crippen LogP contribution in [0.5, 0.6) is 0 Å². The summed E-state index contributed by atoms with van der Waals surface area (Å²) < 4.78 is 0. The van der Waals surface area contributed by atoms with Crippen molar-refractivity contribution in [2.75, 3.05) is 25.1 Å². The minimum Gasteiger partial charge on any atom is -0.353 e. The number of rotatable bonds is 17. The van der Waals surface area contributed by atoms with Gasteiger partial charge in [0.25, 0.3) is 0 Å². The zero-order valence-corrected chi connectivity index (χ0v) is 20.4. The average molecular weight is 442 g/mol. The number of piperidine rings is 1. The van der Waals surface area contributed by atoms with Crippen LogP contribution >= 0.6 is 11.8 Å². The SMILES string of the molecule is CCCCCCCCCCCCC(=O)N1CCCCC1CNC(=O)C(N)CCSC. The third-order valence-corrected chi connectivity index (χ3v) is 6.82. The molecule has 0 saturated carbocycles. The highest BCUT2D eigenvalue weighted by atomic mass is 32.2. The van der Waals surface area contributed by atoms with E-state index in [9.17, 15) is 9.59 Å². The van der Waals surface area contributed by atoms with Gasteiger partial charge < -0.3 is 16.0 Å². The van der Waals surface area contributed by atoms with E-state index >= 15 is 0 Å². The first-order valence-electron chi connectivity index (χ1n) is 12.4. The van der Waals surface area contributed by atoms with E-state index in [1.807, 2.05) is 11.2 Å². The first-order valence-corrected chi connectivity index (χ1v) is 13.8. The molecule has 3 N–H and O–H groups in total. The van der Waals surface area contributed by atoms with Crippen molar-refractivity contribution in [3.05, 3.63) is 0 Å². The van der Waals surface area contributed by atoms with Gasteiger partial charge in [0.05, 0.1) is 6.04 Å². The summed E-state index contributed by atoms with van der Waals surface area (Å²) in [5.74, 6) is 1.07. The van der Waals surface area contributed by atoms with E-state index in [0.29, 0.717) is 19.4 Å². The molecule has 1 aliphatic heterocycles. The second kappa shape index (κ2) is 17.9. The third kappa shape index (κ3) is 12.2. The van der Waals surface area contributed by atoms with Gasteiger partial charge in [-0.15, -0.1) is 0 Å². The fourth-order valence-electron chi connectivity index (χ4n) is 4.17. The maximum absolute atomic E-state index is 12.7. The fourth-order valence-corrected chi connectivity index (χ4v) is 4.66. The molecule has 176 valence electrons. The topological polar surface area (TPSA) is 75.4 Å². The summed E-state index contributed by atoms with van der Waals surface area (Å²) in [6.07, 6.45) is 19.4. The van der Waals surface area contributed by atoms with Crippen molar-refractivity contribution < 1.29 is 9.59 Å². The first-order chi connectivity index (χ1) is 14.6. The van der Waals surface area contributed by atoms with Crippen molar-refractivity contribution in [2.45, 2.75) is 115 Å². The predicted molar refractivity (Wildman–Crippen MR) is 130 cm³/mol. The molecule has 0 spiro atoms. The van der Waals surface area contributed by atoms with E-state index in [2.05, 4.69) is 12.2 Å². The molecule has 1 rings (SSSR count). The third-order valence-electron chi connectivity index (χ3n) is 6.17. The molecule has 2 atom stereocenters. The van der Waals surface area contributed by atoms with Crippen LogP contribution in [0.2, 0.25) is 0 Å². The molecule has 0 radical (unpaired) electrons. The Bertz CT molecular complexity index is 462. The summed E-state index contributed by atoms with van der Waals surface area (Å²) in [5, 5.41) is 2.99. The molecule has 0 aromatic heterocycles. The molecular formula is C24H47N3O2S. The quantitative estimate of drug-likeness (QED) is 0.316. The van der Waals surface area contributed by atoms with Crippen molar-refractivity contribution in [3.8, 4) is 0 Å². The standard InChI is InChI=1S/C24H47N3O2S/c1-3-4-5-6-7-8-9-10-11-12-16-23(28)27-18-14-13-15-21(27)20-26-24(29)22(25)17-19-30-2/h21-22H,3-20,25H2,1-2H3,(H,26,29). The number of hydrogen-bond acceptors (Lipinski definition) is 4. The van der Waals surface area contributed by atoms with Gasteiger partial charge >= 0.3 is 0 Å². The van der Waals surface area contributed by atoms with Gasteiger partial charge in [0.2, 0.25) is 11.8 Å². The fraction of sp³-hybridized carbons (Fsp3) is 0.917. The Morgan fingerprint density at radius 2 is 1.67 bits per heavy atom. The smallest absolute Gasteiger partial charge is 0.237 e. The molecule has 30 heavy (non-hydrogen) atoms. The molecular weight excluding hydrogens is 394 g/mol. The van der Waals surface area contributed by atoms with Gasteiger partial charge in [0.1, 0.15) is 0 Å². The number of carbonyl (C=O) groups excluding carboxylic acids is 2. The van der Waals surface area contributed by atoms with E-state index in [4.69, 9.17) is 5.73 Å². The number of nitrogens with zero attached hydrogens (tertiary/aromatic N) is 1. The molecule has 0 bridgehead atoms. The predicted octanol–water partition coefficient (Wildman–Crippen LogP) is 4.88. The number of carbonyl (C=O) groups is 2. The van der Waals surface area contributed by atoms with Crippen LogP contribution in [-0.2, 0) is 9.59 Å². The molecule has 2 unspecified atom stereocenters. The minimum absolute atomic E-state index is 0.0864. The maximum atomic E-state index is 12.7. The Morgan fingerprint density at radius 3 is 2.30 bits per heavy atom. The lowest BCUT2D eigenvalue weighted by Crippen LogP contribution is -2.51. The van der Waals surface area contributed by atoms with Crippen LogP contribution in [0.4, 0.5) is 0 Å². The van der Waals surface area contributed by atoms with Gasteiger partial charge in [0, 0.05) is 25.6 Å². The van der Waals surface area contributed by atoms with E-state index in [1.165, 1.54) is 51.4 Å². The van der Waals surface area contributed by atoms with Crippen molar-refractivity contribution in [3.63, 3.8) is 0 Å². The second-order valence-corrected chi connectivity index (χ2v) is 9.79. The Morgan fingerprint density at radius 1 is 1.03 bits per heavy atom. The largest absolute Gasteiger partial charge is 0.353 e. The molecule has 0 aromatic carbocycles. The molecule has 1 saturated heterocycles. The molecule has 1 fully saturated rings. The molecule has 2 amide bonds. The monoisotopic (exact) mass is 441 g/mol. The van der Waals surface area contributed by atoms with Gasteiger partial charge in [0.15, 0.2) is 0 Å². The van der Waals surface area contributed by atoms with E-state index in [-0.39, 0.29) is 17.9 Å². The Labute approximate surface area is 189 Å². The lowest BCUT2D eigenvalue weighted by molar-refractivity contribution is -0.135. The average Bonchev–Trinajstić information content (AvgIpc) is 2.77. The molecule has 1 aliphatic rings. The first kappa shape index (κ1) is 27.3. The summed E-state index contributed by atoms with van der Waals surface area (Å²) in [6.45, 7) is 3.62. The van der Waals surface area contributed by atoms with Crippen LogP contribution in [-0.4, -0.2) is 53.9 Å². The van der Waals surface area contributed by atoms with E-state index in [0.717, 1.165) is 44.4 Å². The molecule has 0 aromatic rings. The summed E-state index contributed by atoms with van der Waals surface area (Å²) in [7, 11) is 0. The number of likely N-dealkylation sites (tertiary alicyclic amines) is 1. The van der Waals surface area contributed by atoms with Crippen LogP contribution in [0.1, 0.15) is 103 Å². The Hall–Kier alpha value is -0.750. The van der Waals surface area contributed by atoms with Gasteiger partial charge in [-0.3, -0.25) is 9.59 Å². The highest BCUT2D eigenvalue weighted by Crippen LogP contribution is 2.19. The number of amides is 2. The maximum Gasteiger partial charge on any atom is 0.237 e. The van der Waals surface area contributed by atoms with Crippen LogP contribution in [0, 0.1) is 0 Å². The number of thioether (sulfide) groups is 1. The van der Waals surface area contributed by atoms with Gasteiger partial charge in [-0.05, 0) is 44.1 Å². The van der Waals surface area contributed by atoms with Crippen LogP contribution in [0.15, 0.2) is 0 Å². The molecule has 1 heterocycles. The number of nitrogens with two attached hydrogens (primary N) is 1. The molecule has 6 heteroatoms. The highest BCUT2D eigenvalue weighted by Gasteiger charge is 2.27. The van der Waals surface area contributed by atoms with Crippen molar-refractivity contribution in [1.82, 2.24) is 10.2 Å². The van der Waals surface area contributed by atoms with Crippen LogP contribution < -0.4 is 11.1 Å². The Balaban J connectivity index is 2.20. The number of nitrogens with one attached hydrogen (secondary N) is 1. The minimum atomic E-state index is -0.447. The number of unbranched alkanes of at least 4 members (excludes halogenated alkanes) is 9. The zero-order valence-electron chi connectivity index (χ0n) is 19.6. The Kier molecular flexibility index (Phi) is 16.3. The lowest BCUT2D eigenvalue weighted by Gasteiger charge is -2.36.